The van der Waals surface area contributed by atoms with Gasteiger partial charge in [-0.05, 0) is 96.1 Å². The van der Waals surface area contributed by atoms with Gasteiger partial charge in [0.1, 0.15) is 0 Å². The van der Waals surface area contributed by atoms with E-state index in [4.69, 9.17) is 18.9 Å². The van der Waals surface area contributed by atoms with Crippen LogP contribution in [0.5, 0.6) is 23.0 Å². The van der Waals surface area contributed by atoms with Gasteiger partial charge in [0.25, 0.3) is 11.6 Å². The fourth-order valence-corrected chi connectivity index (χ4v) is 9.12. The number of thiophene rings is 2. The van der Waals surface area contributed by atoms with Crippen LogP contribution in [0.4, 0.5) is 0 Å². The molecule has 4 heterocycles. The number of rotatable bonds is 2. The van der Waals surface area contributed by atoms with Gasteiger partial charge in [0.05, 0.1) is 0 Å². The molecule has 4 nitrogen and oxygen atoms in total. The quantitative estimate of drug-likeness (QED) is 0.274. The van der Waals surface area contributed by atoms with Gasteiger partial charge in [0.2, 0.25) is 0 Å². The zero-order chi connectivity index (χ0) is 23.5. The molecule has 4 aromatic rings. The Hall–Kier alpha value is -2.96. The SMILES string of the molecule is c1csc(-c2ccc3c(c2)OC2(O3)C3CC4CC2CC(C3)C42Oc3ccc(-c4cccs4)cc3O2)c1. The molecule has 2 aliphatic heterocycles. The Labute approximate surface area is 217 Å². The maximum Gasteiger partial charge on any atom is 0.257 e. The van der Waals surface area contributed by atoms with E-state index in [1.807, 2.05) is 0 Å². The van der Waals surface area contributed by atoms with E-state index in [2.05, 4.69) is 71.4 Å². The van der Waals surface area contributed by atoms with E-state index in [-0.39, 0.29) is 0 Å². The minimum atomic E-state index is -0.539. The molecule has 6 heteroatoms. The summed E-state index contributed by atoms with van der Waals surface area (Å²) in [6.45, 7) is 0. The van der Waals surface area contributed by atoms with Gasteiger partial charge in [-0.3, -0.25) is 0 Å². The second-order valence-electron chi connectivity index (χ2n) is 10.9. The minimum Gasteiger partial charge on any atom is -0.448 e. The van der Waals surface area contributed by atoms with Crippen molar-refractivity contribution in [1.29, 1.82) is 0 Å². The summed E-state index contributed by atoms with van der Waals surface area (Å²) in [6.07, 6.45) is 4.02. The fourth-order valence-electron chi connectivity index (χ4n) is 7.67. The highest BCUT2D eigenvalue weighted by Gasteiger charge is 2.73. The predicted molar refractivity (Wildman–Crippen MR) is 140 cm³/mol. The summed E-state index contributed by atoms with van der Waals surface area (Å²) >= 11 is 3.51. The van der Waals surface area contributed by atoms with Crippen LogP contribution in [-0.4, -0.2) is 11.6 Å². The molecule has 0 amide bonds. The summed E-state index contributed by atoms with van der Waals surface area (Å²) in [6, 6.07) is 21.3. The summed E-state index contributed by atoms with van der Waals surface area (Å²) in [4.78, 5) is 2.51. The molecular formula is C30H24O4S2. The Morgan fingerprint density at radius 1 is 0.528 bits per heavy atom. The molecule has 0 atom stereocenters. The van der Waals surface area contributed by atoms with Crippen molar-refractivity contribution in [1.82, 2.24) is 0 Å². The van der Waals surface area contributed by atoms with Crippen molar-refractivity contribution in [2.24, 2.45) is 23.7 Å². The summed E-state index contributed by atoms with van der Waals surface area (Å²) in [5.41, 5.74) is 2.39. The van der Waals surface area contributed by atoms with Crippen molar-refractivity contribution in [2.45, 2.75) is 37.3 Å². The van der Waals surface area contributed by atoms with Crippen molar-refractivity contribution < 1.29 is 18.9 Å². The van der Waals surface area contributed by atoms with Crippen LogP contribution in [0.15, 0.2) is 71.4 Å². The first-order chi connectivity index (χ1) is 17.7. The summed E-state index contributed by atoms with van der Waals surface area (Å²) in [5, 5.41) is 4.23. The lowest BCUT2D eigenvalue weighted by Crippen LogP contribution is -2.71. The lowest BCUT2D eigenvalue weighted by Gasteiger charge is -2.62. The first-order valence-corrected chi connectivity index (χ1v) is 14.6. The summed E-state index contributed by atoms with van der Waals surface area (Å²) < 4.78 is 27.0. The Morgan fingerprint density at radius 3 is 1.33 bits per heavy atom. The topological polar surface area (TPSA) is 36.9 Å². The number of hydrogen-bond acceptors (Lipinski definition) is 6. The Kier molecular flexibility index (Phi) is 3.84. The molecule has 4 aliphatic carbocycles. The van der Waals surface area contributed by atoms with Crippen LogP contribution in [0, 0.1) is 23.7 Å². The van der Waals surface area contributed by atoms with Crippen molar-refractivity contribution in [3.05, 3.63) is 71.4 Å². The average Bonchev–Trinajstić information content (AvgIpc) is 3.68. The van der Waals surface area contributed by atoms with Gasteiger partial charge in [0, 0.05) is 33.4 Å². The molecule has 10 rings (SSSR count). The van der Waals surface area contributed by atoms with Gasteiger partial charge in [-0.25, -0.2) is 0 Å². The van der Waals surface area contributed by atoms with Crippen LogP contribution in [-0.2, 0) is 0 Å². The van der Waals surface area contributed by atoms with E-state index in [0.29, 0.717) is 23.7 Å². The van der Waals surface area contributed by atoms with Crippen LogP contribution in [0.2, 0.25) is 0 Å². The summed E-state index contributed by atoms with van der Waals surface area (Å²) in [5.74, 6) is 3.88. The van der Waals surface area contributed by atoms with Gasteiger partial charge >= 0.3 is 0 Å². The molecule has 0 radical (unpaired) electrons. The van der Waals surface area contributed by atoms with Crippen molar-refractivity contribution in [2.75, 3.05) is 0 Å². The second-order valence-corrected chi connectivity index (χ2v) is 12.8. The van der Waals surface area contributed by atoms with Crippen LogP contribution in [0.25, 0.3) is 20.9 Å². The number of benzene rings is 2. The Morgan fingerprint density at radius 2 is 0.944 bits per heavy atom. The van der Waals surface area contributed by atoms with E-state index in [1.54, 1.807) is 22.7 Å². The third kappa shape index (κ3) is 2.54. The van der Waals surface area contributed by atoms with Gasteiger partial charge < -0.3 is 18.9 Å². The molecule has 2 aromatic heterocycles. The molecule has 36 heavy (non-hydrogen) atoms. The highest BCUT2D eigenvalue weighted by Crippen LogP contribution is 2.67. The molecule has 0 N–H and O–H groups in total. The minimum absolute atomic E-state index is 0.348. The maximum absolute atomic E-state index is 6.78. The number of fused-ring (bicyclic) bond motifs is 2. The van der Waals surface area contributed by atoms with E-state index in [0.717, 1.165) is 48.7 Å². The average molecular weight is 513 g/mol. The molecule has 180 valence electrons. The van der Waals surface area contributed by atoms with Gasteiger partial charge in [0.15, 0.2) is 23.0 Å². The van der Waals surface area contributed by atoms with Gasteiger partial charge in [-0.1, -0.05) is 12.1 Å². The highest BCUT2D eigenvalue weighted by molar-refractivity contribution is 7.13. The van der Waals surface area contributed by atoms with Crippen LogP contribution < -0.4 is 18.9 Å². The van der Waals surface area contributed by atoms with E-state index in [1.165, 1.54) is 20.9 Å². The lowest BCUT2D eigenvalue weighted by molar-refractivity contribution is -0.316. The van der Waals surface area contributed by atoms with Crippen molar-refractivity contribution >= 4 is 22.7 Å². The maximum atomic E-state index is 6.78. The molecule has 4 bridgehead atoms. The van der Waals surface area contributed by atoms with E-state index < -0.39 is 11.6 Å². The standard InChI is InChI=1S/C30H24O4S2/c1-3-27(35-9-1)17-5-7-23-25(11-17)33-29(31-23)19-13-21-15-20(29)16-22(14-19)30(21)32-24-8-6-18(12-26(24)34-30)28-4-2-10-36-28/h1-12,19-22H,13-16H2. The molecular weight excluding hydrogens is 488 g/mol. The molecule has 0 saturated heterocycles. The molecule has 6 aliphatic rings. The molecule has 2 spiro atoms. The third-order valence-corrected chi connectivity index (χ3v) is 11.0. The van der Waals surface area contributed by atoms with E-state index in [9.17, 15) is 0 Å². The van der Waals surface area contributed by atoms with Crippen molar-refractivity contribution in [3.8, 4) is 43.9 Å². The molecule has 4 saturated carbocycles. The van der Waals surface area contributed by atoms with Gasteiger partial charge in [-0.2, -0.15) is 0 Å². The monoisotopic (exact) mass is 512 g/mol. The van der Waals surface area contributed by atoms with Crippen LogP contribution in [0.3, 0.4) is 0 Å². The smallest absolute Gasteiger partial charge is 0.257 e. The Bertz CT molecular complexity index is 1350. The largest absolute Gasteiger partial charge is 0.448 e. The van der Waals surface area contributed by atoms with Crippen LogP contribution >= 0.6 is 22.7 Å². The Balaban J connectivity index is 1.01. The zero-order valence-electron chi connectivity index (χ0n) is 19.5. The molecule has 4 fully saturated rings. The zero-order valence-corrected chi connectivity index (χ0v) is 21.1. The number of hydrogen-bond donors (Lipinski definition) is 0. The first kappa shape index (κ1) is 20.1. The van der Waals surface area contributed by atoms with Gasteiger partial charge in [-0.15, -0.1) is 22.7 Å². The van der Waals surface area contributed by atoms with Crippen LogP contribution in [0.1, 0.15) is 25.7 Å². The molecule has 0 unspecified atom stereocenters. The second kappa shape index (κ2) is 6.87. The van der Waals surface area contributed by atoms with E-state index >= 15 is 0 Å². The first-order valence-electron chi connectivity index (χ1n) is 12.8. The fraction of sp³-hybridized carbons (Fsp3) is 0.333. The predicted octanol–water partition coefficient (Wildman–Crippen LogP) is 7.84. The lowest BCUT2D eigenvalue weighted by atomic mass is 9.50. The summed E-state index contributed by atoms with van der Waals surface area (Å²) in [7, 11) is 0. The van der Waals surface area contributed by atoms with Crippen molar-refractivity contribution in [3.63, 3.8) is 0 Å². The highest BCUT2D eigenvalue weighted by atomic mass is 32.1. The number of ether oxygens (including phenoxy) is 4. The third-order valence-electron chi connectivity index (χ3n) is 9.13. The normalized spacial score (nSPS) is 34.2. The molecule has 2 aromatic carbocycles.